The van der Waals surface area contributed by atoms with Gasteiger partial charge in [0.1, 0.15) is 11.6 Å². The fraction of sp³-hybridized carbons (Fsp3) is 0.583. The van der Waals surface area contributed by atoms with Crippen LogP contribution in [0.15, 0.2) is 11.8 Å². The van der Waals surface area contributed by atoms with E-state index in [2.05, 4.69) is 5.32 Å². The van der Waals surface area contributed by atoms with Gasteiger partial charge in [0, 0.05) is 52.4 Å². The molecule has 0 aliphatic carbocycles. The molecular formula is C12H19N5O2. The van der Waals surface area contributed by atoms with Gasteiger partial charge in [-0.05, 0) is 0 Å². The van der Waals surface area contributed by atoms with Gasteiger partial charge in [-0.2, -0.15) is 5.26 Å². The Hall–Kier alpha value is -1.91. The first-order valence-corrected chi connectivity index (χ1v) is 6.19. The number of rotatable bonds is 4. The lowest BCUT2D eigenvalue weighted by molar-refractivity contribution is -0.127. The van der Waals surface area contributed by atoms with Gasteiger partial charge in [0.15, 0.2) is 0 Å². The van der Waals surface area contributed by atoms with E-state index in [0.29, 0.717) is 26.2 Å². The SMILES string of the molecule is CC(=O)N(/C=C(/C#N)C(=O)N1CCNCC1)CCN. The number of piperazine rings is 1. The van der Waals surface area contributed by atoms with Gasteiger partial charge in [-0.3, -0.25) is 9.59 Å². The zero-order valence-electron chi connectivity index (χ0n) is 11.1. The first kappa shape index (κ1) is 15.1. The quantitative estimate of drug-likeness (QED) is 0.482. The average Bonchev–Trinajstić information content (AvgIpc) is 2.43. The van der Waals surface area contributed by atoms with E-state index in [4.69, 9.17) is 11.0 Å². The third-order valence-electron chi connectivity index (χ3n) is 2.81. The lowest BCUT2D eigenvalue weighted by atomic mass is 10.2. The maximum atomic E-state index is 12.1. The van der Waals surface area contributed by atoms with Crippen molar-refractivity contribution in [2.24, 2.45) is 5.73 Å². The summed E-state index contributed by atoms with van der Waals surface area (Å²) in [6.07, 6.45) is 1.29. The first-order chi connectivity index (χ1) is 9.10. The van der Waals surface area contributed by atoms with Crippen LogP contribution in [0.5, 0.6) is 0 Å². The van der Waals surface area contributed by atoms with Gasteiger partial charge in [0.2, 0.25) is 5.91 Å². The minimum Gasteiger partial charge on any atom is -0.335 e. The van der Waals surface area contributed by atoms with E-state index in [1.54, 1.807) is 4.90 Å². The summed E-state index contributed by atoms with van der Waals surface area (Å²) in [6, 6.07) is 1.86. The maximum absolute atomic E-state index is 12.1. The summed E-state index contributed by atoms with van der Waals surface area (Å²) >= 11 is 0. The van der Waals surface area contributed by atoms with Gasteiger partial charge in [-0.1, -0.05) is 0 Å². The number of nitrogens with one attached hydrogen (secondary N) is 1. The molecule has 0 bridgehead atoms. The van der Waals surface area contributed by atoms with Crippen LogP contribution in [0.25, 0.3) is 0 Å². The van der Waals surface area contributed by atoms with E-state index in [-0.39, 0.29) is 30.5 Å². The van der Waals surface area contributed by atoms with Gasteiger partial charge < -0.3 is 20.9 Å². The largest absolute Gasteiger partial charge is 0.335 e. The van der Waals surface area contributed by atoms with E-state index in [1.807, 2.05) is 6.07 Å². The highest BCUT2D eigenvalue weighted by Gasteiger charge is 2.21. The van der Waals surface area contributed by atoms with Crippen molar-refractivity contribution in [3.8, 4) is 6.07 Å². The molecule has 0 unspecified atom stereocenters. The molecule has 0 aromatic carbocycles. The van der Waals surface area contributed by atoms with Crippen molar-refractivity contribution in [2.75, 3.05) is 39.3 Å². The van der Waals surface area contributed by atoms with Crippen molar-refractivity contribution < 1.29 is 9.59 Å². The summed E-state index contributed by atoms with van der Waals surface area (Å²) < 4.78 is 0. The Bertz CT molecular complexity index is 407. The third-order valence-corrected chi connectivity index (χ3v) is 2.81. The van der Waals surface area contributed by atoms with Crippen LogP contribution < -0.4 is 11.1 Å². The Morgan fingerprint density at radius 2 is 2.11 bits per heavy atom. The lowest BCUT2D eigenvalue weighted by Crippen LogP contribution is -2.47. The fourth-order valence-corrected chi connectivity index (χ4v) is 1.78. The number of carbonyl (C=O) groups is 2. The van der Waals surface area contributed by atoms with E-state index >= 15 is 0 Å². The van der Waals surface area contributed by atoms with Crippen molar-refractivity contribution in [2.45, 2.75) is 6.92 Å². The highest BCUT2D eigenvalue weighted by molar-refractivity contribution is 5.97. The zero-order valence-corrected chi connectivity index (χ0v) is 11.1. The second-order valence-corrected chi connectivity index (χ2v) is 4.20. The van der Waals surface area contributed by atoms with Crippen LogP contribution in [-0.2, 0) is 9.59 Å². The number of carbonyl (C=O) groups excluding carboxylic acids is 2. The van der Waals surface area contributed by atoms with Gasteiger partial charge in [-0.25, -0.2) is 0 Å². The molecule has 7 heteroatoms. The molecule has 0 aromatic heterocycles. The number of hydrogen-bond donors (Lipinski definition) is 2. The molecule has 0 saturated carbocycles. The number of nitrogens with zero attached hydrogens (tertiary/aromatic N) is 3. The summed E-state index contributed by atoms with van der Waals surface area (Å²) in [6.45, 7) is 4.49. The molecule has 3 N–H and O–H groups in total. The van der Waals surface area contributed by atoms with E-state index in [9.17, 15) is 9.59 Å². The normalized spacial score (nSPS) is 15.8. The van der Waals surface area contributed by atoms with Gasteiger partial charge in [0.05, 0.1) is 0 Å². The predicted molar refractivity (Wildman–Crippen MR) is 69.6 cm³/mol. The minimum absolute atomic E-state index is 0.0365. The summed E-state index contributed by atoms with van der Waals surface area (Å²) in [5, 5.41) is 12.2. The molecule has 0 atom stereocenters. The highest BCUT2D eigenvalue weighted by atomic mass is 16.2. The summed E-state index contributed by atoms with van der Waals surface area (Å²) in [5.74, 6) is -0.585. The first-order valence-electron chi connectivity index (χ1n) is 6.19. The second-order valence-electron chi connectivity index (χ2n) is 4.20. The molecule has 0 radical (unpaired) electrons. The second kappa shape index (κ2) is 7.51. The monoisotopic (exact) mass is 265 g/mol. The van der Waals surface area contributed by atoms with Crippen molar-refractivity contribution in [1.29, 1.82) is 5.26 Å². The molecule has 0 aromatic rings. The van der Waals surface area contributed by atoms with Crippen LogP contribution >= 0.6 is 0 Å². The molecule has 19 heavy (non-hydrogen) atoms. The van der Waals surface area contributed by atoms with Crippen LogP contribution in [0.3, 0.4) is 0 Å². The van der Waals surface area contributed by atoms with Crippen LogP contribution in [-0.4, -0.2) is 60.9 Å². The van der Waals surface area contributed by atoms with Crippen LogP contribution in [0.4, 0.5) is 0 Å². The number of hydrogen-bond acceptors (Lipinski definition) is 5. The zero-order chi connectivity index (χ0) is 14.3. The van der Waals surface area contributed by atoms with Crippen LogP contribution in [0.1, 0.15) is 6.92 Å². The van der Waals surface area contributed by atoms with Crippen molar-refractivity contribution in [3.05, 3.63) is 11.8 Å². The molecule has 104 valence electrons. The Kier molecular flexibility index (Phi) is 5.99. The molecule has 0 spiro atoms. The molecule has 1 heterocycles. The third kappa shape index (κ3) is 4.35. The van der Waals surface area contributed by atoms with E-state index in [1.165, 1.54) is 18.0 Å². The van der Waals surface area contributed by atoms with Crippen molar-refractivity contribution in [3.63, 3.8) is 0 Å². The highest BCUT2D eigenvalue weighted by Crippen LogP contribution is 2.05. The summed E-state index contributed by atoms with van der Waals surface area (Å²) in [5.41, 5.74) is 5.36. The maximum Gasteiger partial charge on any atom is 0.266 e. The molecule has 1 aliphatic heterocycles. The molecule has 1 fully saturated rings. The predicted octanol–water partition coefficient (Wildman–Crippen LogP) is -1.37. The van der Waals surface area contributed by atoms with Crippen LogP contribution in [0.2, 0.25) is 0 Å². The van der Waals surface area contributed by atoms with E-state index < -0.39 is 0 Å². The molecular weight excluding hydrogens is 246 g/mol. The molecule has 2 amide bonds. The molecule has 7 nitrogen and oxygen atoms in total. The van der Waals surface area contributed by atoms with Crippen LogP contribution in [0, 0.1) is 11.3 Å². The molecule has 1 aliphatic rings. The summed E-state index contributed by atoms with van der Waals surface area (Å²) in [4.78, 5) is 26.4. The minimum atomic E-state index is -0.340. The standard InChI is InChI=1S/C12H19N5O2/c1-10(18)17(5-2-13)9-11(8-14)12(19)16-6-3-15-4-7-16/h9,15H,2-7,13H2,1H3/b11-9-. The molecule has 1 rings (SSSR count). The number of nitrogens with two attached hydrogens (primary N) is 1. The Labute approximate surface area is 112 Å². The van der Waals surface area contributed by atoms with E-state index in [0.717, 1.165) is 0 Å². The Morgan fingerprint density at radius 1 is 1.47 bits per heavy atom. The average molecular weight is 265 g/mol. The van der Waals surface area contributed by atoms with Crippen molar-refractivity contribution >= 4 is 11.8 Å². The smallest absolute Gasteiger partial charge is 0.266 e. The Balaban J connectivity index is 2.82. The number of nitriles is 1. The molecule has 1 saturated heterocycles. The number of amides is 2. The lowest BCUT2D eigenvalue weighted by Gasteiger charge is -2.27. The fourth-order valence-electron chi connectivity index (χ4n) is 1.78. The van der Waals surface area contributed by atoms with Gasteiger partial charge in [-0.15, -0.1) is 0 Å². The van der Waals surface area contributed by atoms with Gasteiger partial charge >= 0.3 is 0 Å². The summed E-state index contributed by atoms with van der Waals surface area (Å²) in [7, 11) is 0. The Morgan fingerprint density at radius 3 is 2.58 bits per heavy atom. The van der Waals surface area contributed by atoms with Crippen molar-refractivity contribution in [1.82, 2.24) is 15.1 Å². The van der Waals surface area contributed by atoms with Gasteiger partial charge in [0.25, 0.3) is 5.91 Å². The topological polar surface area (TPSA) is 102 Å².